The molecule has 1 unspecified atom stereocenters. The highest BCUT2D eigenvalue weighted by Gasteiger charge is 2.09. The van der Waals surface area contributed by atoms with Crippen LogP contribution in [0.25, 0.3) is 10.9 Å². The SMILES string of the molecule is CN/C(=C\[N+](=O)[O-])NC(C)c1cnc2ccccc2c1. The van der Waals surface area contributed by atoms with Gasteiger partial charge in [-0.25, -0.2) is 0 Å². The smallest absolute Gasteiger partial charge is 0.274 e. The average Bonchev–Trinajstić information content (AvgIpc) is 2.45. The fourth-order valence-corrected chi connectivity index (χ4v) is 1.92. The first kappa shape index (κ1) is 13.8. The molecule has 0 spiro atoms. The lowest BCUT2D eigenvalue weighted by molar-refractivity contribution is -0.404. The Morgan fingerprint density at radius 3 is 2.90 bits per heavy atom. The fraction of sp³-hybridized carbons (Fsp3) is 0.214. The van der Waals surface area contributed by atoms with Crippen molar-refractivity contribution in [2.45, 2.75) is 13.0 Å². The number of benzene rings is 1. The maximum Gasteiger partial charge on any atom is 0.274 e. The molecule has 0 amide bonds. The van der Waals surface area contributed by atoms with E-state index in [1.807, 2.05) is 37.3 Å². The quantitative estimate of drug-likeness (QED) is 0.644. The van der Waals surface area contributed by atoms with Crippen LogP contribution in [0.5, 0.6) is 0 Å². The Hall–Kier alpha value is -2.63. The van der Waals surface area contributed by atoms with Crippen LogP contribution in [0.3, 0.4) is 0 Å². The molecule has 2 aromatic rings. The van der Waals surface area contributed by atoms with Gasteiger partial charge < -0.3 is 10.6 Å². The molecule has 104 valence electrons. The van der Waals surface area contributed by atoms with E-state index < -0.39 is 4.92 Å². The Morgan fingerprint density at radius 1 is 1.45 bits per heavy atom. The molecule has 2 N–H and O–H groups in total. The molecule has 1 heterocycles. The molecule has 0 radical (unpaired) electrons. The summed E-state index contributed by atoms with van der Waals surface area (Å²) in [7, 11) is 1.63. The first-order valence-corrected chi connectivity index (χ1v) is 6.24. The molecule has 1 aromatic heterocycles. The number of nitrogens with one attached hydrogen (secondary N) is 2. The van der Waals surface area contributed by atoms with Crippen LogP contribution in [0, 0.1) is 10.1 Å². The number of hydrogen-bond donors (Lipinski definition) is 2. The Bertz CT molecular complexity index is 654. The van der Waals surface area contributed by atoms with Gasteiger partial charge in [-0.15, -0.1) is 0 Å². The summed E-state index contributed by atoms with van der Waals surface area (Å²) in [6, 6.07) is 9.77. The van der Waals surface area contributed by atoms with Gasteiger partial charge >= 0.3 is 0 Å². The number of hydrogen-bond acceptors (Lipinski definition) is 5. The van der Waals surface area contributed by atoms with Crippen LogP contribution in [-0.2, 0) is 0 Å². The molecule has 0 aliphatic rings. The minimum absolute atomic E-state index is 0.0919. The van der Waals surface area contributed by atoms with Crippen LogP contribution in [0.2, 0.25) is 0 Å². The summed E-state index contributed by atoms with van der Waals surface area (Å²) in [6.45, 7) is 1.93. The van der Waals surface area contributed by atoms with Gasteiger partial charge in [0.25, 0.3) is 6.20 Å². The van der Waals surface area contributed by atoms with Gasteiger partial charge in [0.05, 0.1) is 16.5 Å². The normalized spacial score (nSPS) is 13.0. The van der Waals surface area contributed by atoms with E-state index in [1.54, 1.807) is 13.2 Å². The summed E-state index contributed by atoms with van der Waals surface area (Å²) < 4.78 is 0. The van der Waals surface area contributed by atoms with Crippen LogP contribution in [-0.4, -0.2) is 17.0 Å². The van der Waals surface area contributed by atoms with Crippen molar-refractivity contribution >= 4 is 10.9 Å². The van der Waals surface area contributed by atoms with Crippen molar-refractivity contribution < 1.29 is 4.92 Å². The van der Waals surface area contributed by atoms with Crippen molar-refractivity contribution in [3.63, 3.8) is 0 Å². The zero-order valence-electron chi connectivity index (χ0n) is 11.3. The number of aromatic nitrogens is 1. The van der Waals surface area contributed by atoms with E-state index in [1.165, 1.54) is 0 Å². The zero-order chi connectivity index (χ0) is 14.5. The second-order valence-electron chi connectivity index (χ2n) is 4.41. The van der Waals surface area contributed by atoms with Gasteiger partial charge in [0, 0.05) is 18.6 Å². The minimum Gasteiger partial charge on any atom is -0.370 e. The molecule has 6 nitrogen and oxygen atoms in total. The third-order valence-electron chi connectivity index (χ3n) is 2.99. The number of pyridine rings is 1. The third-order valence-corrected chi connectivity index (χ3v) is 2.99. The predicted molar refractivity (Wildman–Crippen MR) is 77.4 cm³/mol. The molecular weight excluding hydrogens is 256 g/mol. The predicted octanol–water partition coefficient (Wildman–Crippen LogP) is 2.18. The zero-order valence-corrected chi connectivity index (χ0v) is 11.3. The largest absolute Gasteiger partial charge is 0.370 e. The van der Waals surface area contributed by atoms with Crippen LogP contribution in [0.1, 0.15) is 18.5 Å². The highest BCUT2D eigenvalue weighted by Crippen LogP contribution is 2.18. The highest BCUT2D eigenvalue weighted by atomic mass is 16.6. The average molecular weight is 272 g/mol. The fourth-order valence-electron chi connectivity index (χ4n) is 1.92. The first-order valence-electron chi connectivity index (χ1n) is 6.24. The molecular formula is C14H16N4O2. The lowest BCUT2D eigenvalue weighted by Crippen LogP contribution is -2.27. The Morgan fingerprint density at radius 2 is 2.20 bits per heavy atom. The van der Waals surface area contributed by atoms with Crippen molar-refractivity contribution in [2.24, 2.45) is 0 Å². The van der Waals surface area contributed by atoms with E-state index in [4.69, 9.17) is 0 Å². The summed E-state index contributed by atoms with van der Waals surface area (Å²) in [5.41, 5.74) is 1.89. The van der Waals surface area contributed by atoms with Crippen LogP contribution in [0.4, 0.5) is 0 Å². The molecule has 0 saturated heterocycles. The Balaban J connectivity index is 2.22. The molecule has 0 aliphatic carbocycles. The van der Waals surface area contributed by atoms with Gasteiger partial charge in [-0.3, -0.25) is 15.1 Å². The Labute approximate surface area is 116 Å². The molecule has 0 bridgehead atoms. The second-order valence-corrected chi connectivity index (χ2v) is 4.41. The molecule has 6 heteroatoms. The molecule has 0 fully saturated rings. The number of fused-ring (bicyclic) bond motifs is 1. The third kappa shape index (κ3) is 3.23. The topological polar surface area (TPSA) is 80.1 Å². The van der Waals surface area contributed by atoms with E-state index in [0.29, 0.717) is 5.82 Å². The van der Waals surface area contributed by atoms with Crippen LogP contribution in [0.15, 0.2) is 48.5 Å². The lowest BCUT2D eigenvalue weighted by Gasteiger charge is -2.16. The second kappa shape index (κ2) is 6.01. The number of rotatable bonds is 5. The van der Waals surface area contributed by atoms with E-state index in [2.05, 4.69) is 15.6 Å². The summed E-state index contributed by atoms with van der Waals surface area (Å²) in [6.07, 6.45) is 2.68. The maximum absolute atomic E-state index is 10.5. The Kier molecular flexibility index (Phi) is 4.14. The van der Waals surface area contributed by atoms with Crippen molar-refractivity contribution in [3.05, 3.63) is 64.2 Å². The van der Waals surface area contributed by atoms with Gasteiger partial charge in [-0.05, 0) is 24.6 Å². The summed E-state index contributed by atoms with van der Waals surface area (Å²) in [5, 5.41) is 17.3. The van der Waals surface area contributed by atoms with Crippen molar-refractivity contribution in [1.29, 1.82) is 0 Å². The van der Waals surface area contributed by atoms with Gasteiger partial charge in [0.15, 0.2) is 5.82 Å². The number of nitrogens with zero attached hydrogens (tertiary/aromatic N) is 2. The van der Waals surface area contributed by atoms with E-state index in [9.17, 15) is 10.1 Å². The molecule has 2 rings (SSSR count). The van der Waals surface area contributed by atoms with Crippen molar-refractivity contribution in [2.75, 3.05) is 7.05 Å². The summed E-state index contributed by atoms with van der Waals surface area (Å²) in [5.74, 6) is 0.357. The van der Waals surface area contributed by atoms with Gasteiger partial charge in [0.1, 0.15) is 0 Å². The van der Waals surface area contributed by atoms with E-state index >= 15 is 0 Å². The highest BCUT2D eigenvalue weighted by molar-refractivity contribution is 5.78. The maximum atomic E-state index is 10.5. The molecule has 0 saturated carbocycles. The number of nitro groups is 1. The molecule has 0 aliphatic heterocycles. The van der Waals surface area contributed by atoms with Gasteiger partial charge in [-0.1, -0.05) is 18.2 Å². The first-order chi connectivity index (χ1) is 9.60. The minimum atomic E-state index is -0.496. The standard InChI is InChI=1S/C14H16N4O2/c1-10(17-14(15-2)9-18(19)20)12-7-11-5-3-4-6-13(11)16-8-12/h3-10,15,17H,1-2H3/b14-9+. The lowest BCUT2D eigenvalue weighted by atomic mass is 10.1. The van der Waals surface area contributed by atoms with E-state index in [-0.39, 0.29) is 6.04 Å². The van der Waals surface area contributed by atoms with Crippen LogP contribution >= 0.6 is 0 Å². The summed E-state index contributed by atoms with van der Waals surface area (Å²) in [4.78, 5) is 14.4. The monoisotopic (exact) mass is 272 g/mol. The molecule has 20 heavy (non-hydrogen) atoms. The van der Waals surface area contributed by atoms with E-state index in [0.717, 1.165) is 22.7 Å². The summed E-state index contributed by atoms with van der Waals surface area (Å²) >= 11 is 0. The van der Waals surface area contributed by atoms with Crippen LogP contribution < -0.4 is 10.6 Å². The van der Waals surface area contributed by atoms with Gasteiger partial charge in [0.2, 0.25) is 0 Å². The number of para-hydroxylation sites is 1. The van der Waals surface area contributed by atoms with Crippen molar-refractivity contribution in [1.82, 2.24) is 15.6 Å². The van der Waals surface area contributed by atoms with Crippen molar-refractivity contribution in [3.8, 4) is 0 Å². The molecule has 1 atom stereocenters. The van der Waals surface area contributed by atoms with Gasteiger partial charge in [-0.2, -0.15) is 0 Å². The molecule has 1 aromatic carbocycles.